The van der Waals surface area contributed by atoms with E-state index >= 15 is 0 Å². The first-order chi connectivity index (χ1) is 7.13. The largest absolute Gasteiger partial charge is 0.395 e. The second kappa shape index (κ2) is 6.08. The number of benzene rings is 1. The highest BCUT2D eigenvalue weighted by atomic mass is 35.5. The lowest BCUT2D eigenvalue weighted by Gasteiger charge is -2.19. The van der Waals surface area contributed by atoms with Crippen LogP contribution >= 0.6 is 11.6 Å². The van der Waals surface area contributed by atoms with E-state index in [4.69, 9.17) is 16.7 Å². The molecule has 0 spiro atoms. The minimum atomic E-state index is -0.543. The van der Waals surface area contributed by atoms with Crippen LogP contribution in [0.5, 0.6) is 0 Å². The number of halogens is 1. The summed E-state index contributed by atoms with van der Waals surface area (Å²) in [5, 5.41) is 19.2. The first-order valence-electron chi connectivity index (χ1n) is 4.86. The van der Waals surface area contributed by atoms with Gasteiger partial charge < -0.3 is 15.1 Å². The molecule has 0 saturated heterocycles. The van der Waals surface area contributed by atoms with Crippen molar-refractivity contribution in [3.63, 3.8) is 0 Å². The third-order valence-corrected chi connectivity index (χ3v) is 2.47. The van der Waals surface area contributed by atoms with E-state index in [2.05, 4.69) is 0 Å². The molecule has 0 aliphatic rings. The summed E-state index contributed by atoms with van der Waals surface area (Å²) in [5.74, 6) is 0. The van der Waals surface area contributed by atoms with Gasteiger partial charge in [0, 0.05) is 18.1 Å². The highest BCUT2D eigenvalue weighted by Crippen LogP contribution is 2.16. The van der Waals surface area contributed by atoms with Crippen molar-refractivity contribution in [2.75, 3.05) is 26.7 Å². The number of nitrogens with zero attached hydrogens (tertiary/aromatic N) is 1. The van der Waals surface area contributed by atoms with Crippen LogP contribution in [0.4, 0.5) is 0 Å². The van der Waals surface area contributed by atoms with Crippen LogP contribution in [0.2, 0.25) is 5.02 Å². The van der Waals surface area contributed by atoms with Crippen LogP contribution in [0.15, 0.2) is 24.3 Å². The summed E-state index contributed by atoms with van der Waals surface area (Å²) in [6.45, 7) is 1.16. The molecule has 4 heteroatoms. The van der Waals surface area contributed by atoms with E-state index in [-0.39, 0.29) is 6.61 Å². The fourth-order valence-electron chi connectivity index (χ4n) is 1.35. The molecule has 0 aliphatic carbocycles. The minimum Gasteiger partial charge on any atom is -0.395 e. The Morgan fingerprint density at radius 2 is 1.93 bits per heavy atom. The summed E-state index contributed by atoms with van der Waals surface area (Å²) in [7, 11) is 1.86. The summed E-state index contributed by atoms with van der Waals surface area (Å²) in [4.78, 5) is 1.87. The van der Waals surface area contributed by atoms with E-state index in [0.717, 1.165) is 5.56 Å². The van der Waals surface area contributed by atoms with Gasteiger partial charge in [0.1, 0.15) is 0 Å². The second-order valence-electron chi connectivity index (χ2n) is 3.55. The molecule has 0 unspecified atom stereocenters. The number of rotatable bonds is 5. The van der Waals surface area contributed by atoms with Crippen LogP contribution < -0.4 is 0 Å². The van der Waals surface area contributed by atoms with Crippen LogP contribution in [0, 0.1) is 0 Å². The van der Waals surface area contributed by atoms with Crippen molar-refractivity contribution in [3.8, 4) is 0 Å². The fraction of sp³-hybridized carbons (Fsp3) is 0.455. The quantitative estimate of drug-likeness (QED) is 0.800. The average molecular weight is 230 g/mol. The molecule has 1 aromatic carbocycles. The molecule has 1 aromatic rings. The SMILES string of the molecule is CN(CCO)C[C@H](O)c1ccc(Cl)cc1. The highest BCUT2D eigenvalue weighted by Gasteiger charge is 2.09. The summed E-state index contributed by atoms with van der Waals surface area (Å²) in [6.07, 6.45) is -0.543. The van der Waals surface area contributed by atoms with Gasteiger partial charge >= 0.3 is 0 Å². The Balaban J connectivity index is 2.53. The van der Waals surface area contributed by atoms with Crippen molar-refractivity contribution in [1.82, 2.24) is 4.90 Å². The molecule has 2 N–H and O–H groups in total. The smallest absolute Gasteiger partial charge is 0.0916 e. The normalized spacial score (nSPS) is 13.1. The number of aliphatic hydroxyl groups is 2. The topological polar surface area (TPSA) is 43.7 Å². The fourth-order valence-corrected chi connectivity index (χ4v) is 1.47. The molecular formula is C11H16ClNO2. The van der Waals surface area contributed by atoms with Crippen LogP contribution in [-0.4, -0.2) is 41.9 Å². The van der Waals surface area contributed by atoms with Gasteiger partial charge in [-0.1, -0.05) is 23.7 Å². The first kappa shape index (κ1) is 12.5. The van der Waals surface area contributed by atoms with E-state index < -0.39 is 6.10 Å². The molecule has 0 aromatic heterocycles. The van der Waals surface area contributed by atoms with Gasteiger partial charge in [0.2, 0.25) is 0 Å². The van der Waals surface area contributed by atoms with Gasteiger partial charge in [-0.05, 0) is 24.7 Å². The Morgan fingerprint density at radius 3 is 2.47 bits per heavy atom. The zero-order valence-electron chi connectivity index (χ0n) is 8.73. The van der Waals surface area contributed by atoms with Crippen molar-refractivity contribution in [1.29, 1.82) is 0 Å². The van der Waals surface area contributed by atoms with E-state index in [1.54, 1.807) is 24.3 Å². The molecule has 0 radical (unpaired) electrons. The number of aliphatic hydroxyl groups excluding tert-OH is 2. The lowest BCUT2D eigenvalue weighted by Crippen LogP contribution is -2.27. The van der Waals surface area contributed by atoms with Crippen molar-refractivity contribution in [2.24, 2.45) is 0 Å². The van der Waals surface area contributed by atoms with Crippen molar-refractivity contribution < 1.29 is 10.2 Å². The molecule has 1 rings (SSSR count). The van der Waals surface area contributed by atoms with Gasteiger partial charge in [-0.25, -0.2) is 0 Å². The number of likely N-dealkylation sites (N-methyl/N-ethyl adjacent to an activating group) is 1. The Hall–Kier alpha value is -0.610. The Bertz CT molecular complexity index is 289. The monoisotopic (exact) mass is 229 g/mol. The third-order valence-electron chi connectivity index (χ3n) is 2.22. The minimum absolute atomic E-state index is 0.101. The summed E-state index contributed by atoms with van der Waals surface area (Å²) >= 11 is 5.75. The van der Waals surface area contributed by atoms with Gasteiger partial charge in [0.05, 0.1) is 12.7 Å². The molecule has 15 heavy (non-hydrogen) atoms. The van der Waals surface area contributed by atoms with Gasteiger partial charge in [0.25, 0.3) is 0 Å². The zero-order chi connectivity index (χ0) is 11.3. The molecule has 0 fully saturated rings. The molecule has 1 atom stereocenters. The maximum atomic E-state index is 9.84. The average Bonchev–Trinajstić information content (AvgIpc) is 2.18. The second-order valence-corrected chi connectivity index (χ2v) is 3.99. The summed E-state index contributed by atoms with van der Waals surface area (Å²) in [6, 6.07) is 7.12. The molecule has 0 amide bonds. The lowest BCUT2D eigenvalue weighted by molar-refractivity contribution is 0.115. The van der Waals surface area contributed by atoms with Crippen molar-refractivity contribution in [3.05, 3.63) is 34.9 Å². The van der Waals surface area contributed by atoms with E-state index in [1.807, 2.05) is 11.9 Å². The Kier molecular flexibility index (Phi) is 5.05. The molecule has 0 saturated carbocycles. The van der Waals surface area contributed by atoms with Crippen molar-refractivity contribution >= 4 is 11.6 Å². The Labute approximate surface area is 94.9 Å². The first-order valence-corrected chi connectivity index (χ1v) is 5.24. The molecule has 0 bridgehead atoms. The molecule has 84 valence electrons. The van der Waals surface area contributed by atoms with Crippen molar-refractivity contribution in [2.45, 2.75) is 6.10 Å². The predicted molar refractivity (Wildman–Crippen MR) is 61.0 cm³/mol. The molecule has 0 heterocycles. The van der Waals surface area contributed by atoms with E-state index in [0.29, 0.717) is 18.1 Å². The van der Waals surface area contributed by atoms with Crippen LogP contribution in [0.1, 0.15) is 11.7 Å². The lowest BCUT2D eigenvalue weighted by atomic mass is 10.1. The van der Waals surface area contributed by atoms with Gasteiger partial charge in [-0.2, -0.15) is 0 Å². The maximum Gasteiger partial charge on any atom is 0.0916 e. The van der Waals surface area contributed by atoms with Gasteiger partial charge in [-0.15, -0.1) is 0 Å². The standard InChI is InChI=1S/C11H16ClNO2/c1-13(6-7-14)8-11(15)9-2-4-10(12)5-3-9/h2-5,11,14-15H,6-8H2,1H3/t11-/m0/s1. The zero-order valence-corrected chi connectivity index (χ0v) is 9.48. The van der Waals surface area contributed by atoms with Crippen LogP contribution in [0.3, 0.4) is 0 Å². The van der Waals surface area contributed by atoms with Gasteiger partial charge in [0.15, 0.2) is 0 Å². The highest BCUT2D eigenvalue weighted by molar-refractivity contribution is 6.30. The summed E-state index contributed by atoms with van der Waals surface area (Å²) in [5.41, 5.74) is 0.837. The van der Waals surface area contributed by atoms with Crippen LogP contribution in [-0.2, 0) is 0 Å². The Morgan fingerprint density at radius 1 is 1.33 bits per heavy atom. The molecular weight excluding hydrogens is 214 g/mol. The number of hydrogen-bond acceptors (Lipinski definition) is 3. The molecule has 3 nitrogen and oxygen atoms in total. The number of hydrogen-bond donors (Lipinski definition) is 2. The molecule has 0 aliphatic heterocycles. The van der Waals surface area contributed by atoms with E-state index in [9.17, 15) is 5.11 Å². The maximum absolute atomic E-state index is 9.84. The third kappa shape index (κ3) is 4.18. The summed E-state index contributed by atoms with van der Waals surface area (Å²) < 4.78 is 0. The van der Waals surface area contributed by atoms with E-state index in [1.165, 1.54) is 0 Å². The predicted octanol–water partition coefficient (Wildman–Crippen LogP) is 1.30. The van der Waals surface area contributed by atoms with Gasteiger partial charge in [-0.3, -0.25) is 0 Å². The van der Waals surface area contributed by atoms with Crippen LogP contribution in [0.25, 0.3) is 0 Å².